The highest BCUT2D eigenvalue weighted by Crippen LogP contribution is 2.35. The fraction of sp³-hybridized carbons (Fsp3) is 0.714. The van der Waals surface area contributed by atoms with Crippen LogP contribution in [0.1, 0.15) is 25.7 Å². The van der Waals surface area contributed by atoms with Crippen molar-refractivity contribution in [2.75, 3.05) is 0 Å². The Morgan fingerprint density at radius 3 is 2.70 bits per heavy atom. The molecule has 0 unspecified atom stereocenters. The number of amides is 1. The van der Waals surface area contributed by atoms with E-state index in [0.717, 1.165) is 25.7 Å². The largest absolute Gasteiger partial charge is 0.467 e. The highest BCUT2D eigenvalue weighted by molar-refractivity contribution is 5.95. The molecule has 0 N–H and O–H groups in total. The third-order valence-corrected chi connectivity index (χ3v) is 2.25. The monoisotopic (exact) mass is 139 g/mol. The molecular formula is C7H9NO2. The number of aliphatic imine (C=N–C) groups is 1. The Bertz CT molecular complexity index is 192. The van der Waals surface area contributed by atoms with Gasteiger partial charge >= 0.3 is 0 Å². The average Bonchev–Trinajstić information content (AvgIpc) is 2.48. The Labute approximate surface area is 59.1 Å². The molecule has 0 saturated heterocycles. The van der Waals surface area contributed by atoms with Crippen LogP contribution in [0, 0.1) is 0 Å². The van der Waals surface area contributed by atoms with E-state index in [2.05, 4.69) is 4.99 Å². The minimum atomic E-state index is -0.514. The summed E-state index contributed by atoms with van der Waals surface area (Å²) in [6.45, 7) is 0. The van der Waals surface area contributed by atoms with Gasteiger partial charge in [0.2, 0.25) is 0 Å². The molecule has 1 spiro atoms. The van der Waals surface area contributed by atoms with Gasteiger partial charge in [-0.05, 0) is 25.7 Å². The molecular weight excluding hydrogens is 130 g/mol. The van der Waals surface area contributed by atoms with E-state index in [-0.39, 0.29) is 5.91 Å². The van der Waals surface area contributed by atoms with Gasteiger partial charge in [0, 0.05) is 0 Å². The van der Waals surface area contributed by atoms with E-state index in [1.807, 2.05) is 0 Å². The minimum Gasteiger partial charge on any atom is -0.467 e. The topological polar surface area (TPSA) is 38.7 Å². The summed E-state index contributed by atoms with van der Waals surface area (Å²) >= 11 is 0. The minimum absolute atomic E-state index is 0.0787. The van der Waals surface area contributed by atoms with Crippen LogP contribution in [-0.2, 0) is 9.53 Å². The Morgan fingerprint density at radius 2 is 2.20 bits per heavy atom. The van der Waals surface area contributed by atoms with Crippen LogP contribution in [0.2, 0.25) is 0 Å². The molecule has 0 aromatic rings. The molecule has 3 nitrogen and oxygen atoms in total. The third-order valence-electron chi connectivity index (χ3n) is 2.25. The molecule has 1 saturated carbocycles. The molecule has 0 radical (unpaired) electrons. The van der Waals surface area contributed by atoms with Gasteiger partial charge < -0.3 is 4.74 Å². The van der Waals surface area contributed by atoms with E-state index in [9.17, 15) is 4.79 Å². The van der Waals surface area contributed by atoms with Crippen molar-refractivity contribution in [2.24, 2.45) is 4.99 Å². The van der Waals surface area contributed by atoms with Crippen molar-refractivity contribution in [1.82, 2.24) is 0 Å². The molecule has 0 bridgehead atoms. The zero-order chi connectivity index (χ0) is 7.03. The molecule has 2 aliphatic rings. The molecule has 0 aromatic carbocycles. The number of carbonyl (C=O) groups excluding carboxylic acids is 1. The van der Waals surface area contributed by atoms with Gasteiger partial charge in [-0.15, -0.1) is 0 Å². The molecule has 1 aliphatic carbocycles. The fourth-order valence-electron chi connectivity index (χ4n) is 1.62. The zero-order valence-electron chi connectivity index (χ0n) is 5.67. The van der Waals surface area contributed by atoms with Crippen LogP contribution in [0.25, 0.3) is 0 Å². The molecule has 1 heterocycles. The predicted molar refractivity (Wildman–Crippen MR) is 35.8 cm³/mol. The van der Waals surface area contributed by atoms with Gasteiger partial charge in [-0.25, -0.2) is 0 Å². The number of hydrogen-bond donors (Lipinski definition) is 0. The Balaban J connectivity index is 2.23. The summed E-state index contributed by atoms with van der Waals surface area (Å²) in [5, 5.41) is 0. The molecule has 3 heteroatoms. The first-order chi connectivity index (χ1) is 4.83. The maximum atomic E-state index is 11.1. The van der Waals surface area contributed by atoms with E-state index >= 15 is 0 Å². The van der Waals surface area contributed by atoms with E-state index in [1.165, 1.54) is 6.40 Å². The van der Waals surface area contributed by atoms with Gasteiger partial charge in [-0.2, -0.15) is 4.99 Å². The number of nitrogens with zero attached hydrogens (tertiary/aromatic N) is 1. The standard InChI is InChI=1S/C7H9NO2/c9-6-7(10-5-8-6)3-1-2-4-7/h5H,1-4H2. The molecule has 1 amide bonds. The highest BCUT2D eigenvalue weighted by atomic mass is 16.5. The lowest BCUT2D eigenvalue weighted by atomic mass is 10.0. The summed E-state index contributed by atoms with van der Waals surface area (Å²) in [6.07, 6.45) is 5.18. The lowest BCUT2D eigenvalue weighted by Crippen LogP contribution is -2.32. The van der Waals surface area contributed by atoms with Crippen molar-refractivity contribution < 1.29 is 9.53 Å². The lowest BCUT2D eigenvalue weighted by Gasteiger charge is -2.17. The molecule has 1 aliphatic heterocycles. The van der Waals surface area contributed by atoms with E-state index in [1.54, 1.807) is 0 Å². The van der Waals surface area contributed by atoms with Crippen LogP contribution >= 0.6 is 0 Å². The molecule has 2 rings (SSSR count). The first-order valence-electron chi connectivity index (χ1n) is 3.58. The second kappa shape index (κ2) is 1.81. The molecule has 10 heavy (non-hydrogen) atoms. The van der Waals surface area contributed by atoms with Crippen molar-refractivity contribution >= 4 is 12.3 Å². The summed E-state index contributed by atoms with van der Waals surface area (Å²) in [5.74, 6) is -0.0787. The summed E-state index contributed by atoms with van der Waals surface area (Å²) < 4.78 is 5.17. The second-order valence-corrected chi connectivity index (χ2v) is 2.86. The molecule has 1 fully saturated rings. The van der Waals surface area contributed by atoms with E-state index < -0.39 is 5.60 Å². The second-order valence-electron chi connectivity index (χ2n) is 2.86. The lowest BCUT2D eigenvalue weighted by molar-refractivity contribution is -0.130. The first kappa shape index (κ1) is 5.89. The van der Waals surface area contributed by atoms with Crippen LogP contribution in [-0.4, -0.2) is 17.9 Å². The van der Waals surface area contributed by atoms with Crippen molar-refractivity contribution in [3.8, 4) is 0 Å². The van der Waals surface area contributed by atoms with Crippen LogP contribution in [0.5, 0.6) is 0 Å². The molecule has 0 atom stereocenters. The first-order valence-corrected chi connectivity index (χ1v) is 3.58. The van der Waals surface area contributed by atoms with Crippen LogP contribution in [0.15, 0.2) is 4.99 Å². The van der Waals surface area contributed by atoms with E-state index in [0.29, 0.717) is 0 Å². The highest BCUT2D eigenvalue weighted by Gasteiger charge is 2.45. The van der Waals surface area contributed by atoms with Crippen LogP contribution < -0.4 is 0 Å². The Kier molecular flexibility index (Phi) is 1.07. The van der Waals surface area contributed by atoms with Gasteiger partial charge in [0.05, 0.1) is 0 Å². The quantitative estimate of drug-likeness (QED) is 0.499. The number of ether oxygens (including phenoxy) is 1. The van der Waals surface area contributed by atoms with Gasteiger partial charge in [0.1, 0.15) is 0 Å². The van der Waals surface area contributed by atoms with Gasteiger partial charge in [0.25, 0.3) is 5.91 Å². The Hall–Kier alpha value is -0.860. The van der Waals surface area contributed by atoms with Gasteiger partial charge in [-0.1, -0.05) is 0 Å². The summed E-state index contributed by atoms with van der Waals surface area (Å²) in [7, 11) is 0. The van der Waals surface area contributed by atoms with Crippen molar-refractivity contribution in [1.29, 1.82) is 0 Å². The fourth-order valence-corrected chi connectivity index (χ4v) is 1.62. The van der Waals surface area contributed by atoms with Gasteiger partial charge in [0.15, 0.2) is 12.0 Å². The summed E-state index contributed by atoms with van der Waals surface area (Å²) in [5.41, 5.74) is -0.514. The summed E-state index contributed by atoms with van der Waals surface area (Å²) in [4.78, 5) is 14.7. The maximum absolute atomic E-state index is 11.1. The SMILES string of the molecule is O=C1N=COC12CCCC2. The third kappa shape index (κ3) is 0.602. The number of carbonyl (C=O) groups is 1. The van der Waals surface area contributed by atoms with Crippen molar-refractivity contribution in [2.45, 2.75) is 31.3 Å². The smallest absolute Gasteiger partial charge is 0.292 e. The maximum Gasteiger partial charge on any atom is 0.292 e. The molecule has 54 valence electrons. The van der Waals surface area contributed by atoms with Crippen LogP contribution in [0.4, 0.5) is 0 Å². The van der Waals surface area contributed by atoms with Crippen molar-refractivity contribution in [3.63, 3.8) is 0 Å². The van der Waals surface area contributed by atoms with Crippen LogP contribution in [0.3, 0.4) is 0 Å². The zero-order valence-corrected chi connectivity index (χ0v) is 5.67. The van der Waals surface area contributed by atoms with Crippen molar-refractivity contribution in [3.05, 3.63) is 0 Å². The number of hydrogen-bond acceptors (Lipinski definition) is 2. The normalized spacial score (nSPS) is 27.8. The Morgan fingerprint density at radius 1 is 1.50 bits per heavy atom. The van der Waals surface area contributed by atoms with Gasteiger partial charge in [-0.3, -0.25) is 4.79 Å². The van der Waals surface area contributed by atoms with E-state index in [4.69, 9.17) is 4.74 Å². The average molecular weight is 139 g/mol. The predicted octanol–water partition coefficient (Wildman–Crippen LogP) is 0.884. The number of rotatable bonds is 0. The molecule has 0 aromatic heterocycles. The summed E-state index contributed by atoms with van der Waals surface area (Å²) in [6, 6.07) is 0.